The van der Waals surface area contributed by atoms with Gasteiger partial charge in [-0.2, -0.15) is 0 Å². The third-order valence-corrected chi connectivity index (χ3v) is 12.3. The summed E-state index contributed by atoms with van der Waals surface area (Å²) in [6, 6.07) is 56.2. The van der Waals surface area contributed by atoms with E-state index in [1.165, 1.54) is 43.0 Å². The fourth-order valence-electron chi connectivity index (χ4n) is 5.39. The van der Waals surface area contributed by atoms with Gasteiger partial charge in [0.2, 0.25) is 0 Å². The Morgan fingerprint density at radius 3 is 0.881 bits per heavy atom. The Morgan fingerprint density at radius 1 is 0.333 bits per heavy atom. The highest BCUT2D eigenvalue weighted by molar-refractivity contribution is 7.81. The van der Waals surface area contributed by atoms with Crippen LogP contribution >= 0.6 is 15.8 Å². The molecule has 0 spiro atoms. The zero-order chi connectivity index (χ0) is 28.7. The number of hydrogen-bond acceptors (Lipinski definition) is 2. The molecule has 0 N–H and O–H groups in total. The molecular formula is C38H32O2P2. The highest BCUT2D eigenvalue weighted by atomic mass is 31.1. The van der Waals surface area contributed by atoms with E-state index in [1.54, 1.807) is 14.2 Å². The van der Waals surface area contributed by atoms with Crippen LogP contribution in [0.2, 0.25) is 0 Å². The molecule has 6 rings (SSSR count). The Labute approximate surface area is 251 Å². The number of rotatable bonds is 9. The van der Waals surface area contributed by atoms with Crippen LogP contribution in [-0.2, 0) is 0 Å². The third kappa shape index (κ3) is 5.62. The number of methoxy groups -OCH3 is 2. The monoisotopic (exact) mass is 582 g/mol. The Balaban J connectivity index is 1.68. The molecule has 0 unspecified atom stereocenters. The van der Waals surface area contributed by atoms with Gasteiger partial charge in [0, 0.05) is 10.6 Å². The Morgan fingerprint density at radius 2 is 0.619 bits per heavy atom. The van der Waals surface area contributed by atoms with Crippen LogP contribution in [0.4, 0.5) is 0 Å². The topological polar surface area (TPSA) is 18.5 Å². The maximum atomic E-state index is 6.15. The molecule has 0 saturated heterocycles. The van der Waals surface area contributed by atoms with Crippen LogP contribution in [0.25, 0.3) is 11.1 Å². The molecule has 42 heavy (non-hydrogen) atoms. The van der Waals surface area contributed by atoms with Crippen LogP contribution in [0.1, 0.15) is 0 Å². The van der Waals surface area contributed by atoms with Crippen molar-refractivity contribution in [3.63, 3.8) is 0 Å². The Hall–Kier alpha value is -4.22. The van der Waals surface area contributed by atoms with Crippen molar-refractivity contribution in [2.24, 2.45) is 0 Å². The summed E-state index contributed by atoms with van der Waals surface area (Å²) in [6.07, 6.45) is 0. The van der Waals surface area contributed by atoms with Crippen LogP contribution < -0.4 is 41.3 Å². The fourth-order valence-corrected chi connectivity index (χ4v) is 10.5. The quantitative estimate of drug-likeness (QED) is 0.173. The lowest BCUT2D eigenvalue weighted by atomic mass is 10.0. The summed E-state index contributed by atoms with van der Waals surface area (Å²) in [5.74, 6) is 1.78. The molecular weight excluding hydrogens is 550 g/mol. The van der Waals surface area contributed by atoms with Gasteiger partial charge in [0.1, 0.15) is 11.5 Å². The largest absolute Gasteiger partial charge is 0.496 e. The van der Waals surface area contributed by atoms with Gasteiger partial charge in [-0.3, -0.25) is 0 Å². The lowest BCUT2D eigenvalue weighted by Crippen LogP contribution is -2.27. The molecule has 0 radical (unpaired) electrons. The average Bonchev–Trinajstić information content (AvgIpc) is 3.07. The van der Waals surface area contributed by atoms with Gasteiger partial charge in [0.05, 0.1) is 14.2 Å². The molecule has 6 aromatic rings. The summed E-state index contributed by atoms with van der Waals surface area (Å²) in [5.41, 5.74) is 2.34. The van der Waals surface area contributed by atoms with Crippen molar-refractivity contribution in [3.05, 3.63) is 158 Å². The molecule has 0 aliphatic rings. The molecule has 6 aromatic carbocycles. The minimum atomic E-state index is -0.930. The second-order valence-electron chi connectivity index (χ2n) is 9.73. The molecule has 0 aliphatic carbocycles. The first-order chi connectivity index (χ1) is 20.8. The smallest absolute Gasteiger partial charge is 0.127 e. The zero-order valence-corrected chi connectivity index (χ0v) is 25.5. The molecule has 0 aromatic heterocycles. The van der Waals surface area contributed by atoms with Crippen LogP contribution in [0, 0.1) is 0 Å². The molecule has 0 aliphatic heterocycles. The van der Waals surface area contributed by atoms with E-state index in [-0.39, 0.29) is 0 Å². The molecule has 0 bridgehead atoms. The maximum Gasteiger partial charge on any atom is 0.127 e. The van der Waals surface area contributed by atoms with Crippen molar-refractivity contribution in [2.75, 3.05) is 14.2 Å². The van der Waals surface area contributed by atoms with Crippen molar-refractivity contribution in [3.8, 4) is 22.6 Å². The van der Waals surface area contributed by atoms with Gasteiger partial charge in [-0.15, -0.1) is 0 Å². The zero-order valence-electron chi connectivity index (χ0n) is 23.7. The second kappa shape index (κ2) is 13.2. The van der Waals surface area contributed by atoms with Gasteiger partial charge in [-0.05, 0) is 60.3 Å². The Kier molecular flexibility index (Phi) is 8.76. The van der Waals surface area contributed by atoms with Crippen LogP contribution in [0.15, 0.2) is 158 Å². The third-order valence-electron chi connectivity index (χ3n) is 7.23. The van der Waals surface area contributed by atoms with Crippen LogP contribution in [0.3, 0.4) is 0 Å². The molecule has 2 nitrogen and oxygen atoms in total. The van der Waals surface area contributed by atoms with E-state index in [1.807, 2.05) is 0 Å². The number of benzene rings is 6. The maximum absolute atomic E-state index is 6.15. The summed E-state index contributed by atoms with van der Waals surface area (Å²) in [5, 5.41) is 7.53. The molecule has 206 valence electrons. The predicted octanol–water partition coefficient (Wildman–Crippen LogP) is 6.89. The molecule has 0 heterocycles. The molecule has 0 fully saturated rings. The first-order valence-corrected chi connectivity index (χ1v) is 16.6. The predicted molar refractivity (Wildman–Crippen MR) is 182 cm³/mol. The SMILES string of the molecule is COc1cccc(-c2cccc(OC)c2P(c2ccccc2)c2ccccc2)c1P(c1ccccc1)c1ccccc1. The van der Waals surface area contributed by atoms with Crippen LogP contribution in [-0.4, -0.2) is 14.2 Å². The van der Waals surface area contributed by atoms with E-state index in [9.17, 15) is 0 Å². The van der Waals surface area contributed by atoms with Gasteiger partial charge in [-0.1, -0.05) is 146 Å². The fraction of sp³-hybridized carbons (Fsp3) is 0.0526. The lowest BCUT2D eigenvalue weighted by Gasteiger charge is -2.28. The van der Waals surface area contributed by atoms with Crippen molar-refractivity contribution >= 4 is 47.7 Å². The van der Waals surface area contributed by atoms with E-state index >= 15 is 0 Å². The summed E-state index contributed by atoms with van der Waals surface area (Å²) in [7, 11) is 1.70. The lowest BCUT2D eigenvalue weighted by molar-refractivity contribution is 0.418. The van der Waals surface area contributed by atoms with E-state index in [4.69, 9.17) is 9.47 Å². The van der Waals surface area contributed by atoms with E-state index < -0.39 is 15.8 Å². The summed E-state index contributed by atoms with van der Waals surface area (Å²) in [6.45, 7) is 0. The summed E-state index contributed by atoms with van der Waals surface area (Å²) < 4.78 is 12.3. The van der Waals surface area contributed by atoms with E-state index in [0.717, 1.165) is 11.5 Å². The number of hydrogen-bond donors (Lipinski definition) is 0. The summed E-state index contributed by atoms with van der Waals surface area (Å²) in [4.78, 5) is 0. The van der Waals surface area contributed by atoms with Gasteiger partial charge in [0.25, 0.3) is 0 Å². The minimum Gasteiger partial charge on any atom is -0.496 e. The normalized spacial score (nSPS) is 11.0. The van der Waals surface area contributed by atoms with Crippen molar-refractivity contribution in [1.29, 1.82) is 0 Å². The van der Waals surface area contributed by atoms with Crippen molar-refractivity contribution in [2.45, 2.75) is 0 Å². The average molecular weight is 583 g/mol. The minimum absolute atomic E-state index is 0.892. The summed E-state index contributed by atoms with van der Waals surface area (Å²) >= 11 is 0. The molecule has 0 saturated carbocycles. The van der Waals surface area contributed by atoms with Gasteiger partial charge in [0.15, 0.2) is 0 Å². The highest BCUT2D eigenvalue weighted by Crippen LogP contribution is 2.45. The van der Waals surface area contributed by atoms with Gasteiger partial charge < -0.3 is 9.47 Å². The standard InChI is InChI=1S/C38H32O2P2/c1-39-35-27-15-25-33(37(35)41(29-17-7-3-8-18-29)30-19-9-4-10-20-30)34-26-16-28-36(40-2)38(34)42(31-21-11-5-12-22-31)32-23-13-6-14-24-32/h3-28H,1-2H3. The van der Waals surface area contributed by atoms with Crippen molar-refractivity contribution < 1.29 is 9.47 Å². The van der Waals surface area contributed by atoms with E-state index in [0.29, 0.717) is 0 Å². The van der Waals surface area contributed by atoms with Crippen LogP contribution in [0.5, 0.6) is 11.5 Å². The van der Waals surface area contributed by atoms with Gasteiger partial charge in [-0.25, -0.2) is 0 Å². The highest BCUT2D eigenvalue weighted by Gasteiger charge is 2.29. The first kappa shape index (κ1) is 27.9. The van der Waals surface area contributed by atoms with Crippen molar-refractivity contribution in [1.82, 2.24) is 0 Å². The second-order valence-corrected chi connectivity index (χ2v) is 14.0. The van der Waals surface area contributed by atoms with E-state index in [2.05, 4.69) is 158 Å². The molecule has 0 amide bonds. The molecule has 0 atom stereocenters. The number of ether oxygens (including phenoxy) is 2. The first-order valence-electron chi connectivity index (χ1n) is 13.9. The molecule has 4 heteroatoms. The Bertz CT molecular complexity index is 1530. The van der Waals surface area contributed by atoms with Gasteiger partial charge >= 0.3 is 0 Å².